The smallest absolute Gasteiger partial charge is 0.412 e. The lowest BCUT2D eigenvalue weighted by atomic mass is 10.1. The number of hydrogen-bond acceptors (Lipinski definition) is 5. The summed E-state index contributed by atoms with van der Waals surface area (Å²) in [5, 5.41) is 2.61. The van der Waals surface area contributed by atoms with Crippen molar-refractivity contribution in [1.82, 2.24) is 19.4 Å². The standard InChI is InChI=1S/C22H20FN5O2/c1-22(2,3)30-21(29)26-15-7-8-17(23)16(10-15)19-13-28-12-14(11-25-20(28)27-19)18-6-4-5-9-24-18/h4-13H,1-3H3,(H,26,29). The van der Waals surface area contributed by atoms with Crippen LogP contribution in [0.2, 0.25) is 0 Å². The molecule has 4 aromatic rings. The van der Waals surface area contributed by atoms with Crippen molar-refractivity contribution in [3.8, 4) is 22.5 Å². The van der Waals surface area contributed by atoms with Crippen molar-refractivity contribution in [2.24, 2.45) is 0 Å². The second-order valence-electron chi connectivity index (χ2n) is 7.71. The van der Waals surface area contributed by atoms with Gasteiger partial charge < -0.3 is 4.74 Å². The Morgan fingerprint density at radius 3 is 2.67 bits per heavy atom. The van der Waals surface area contributed by atoms with E-state index < -0.39 is 17.5 Å². The van der Waals surface area contributed by atoms with E-state index in [1.54, 1.807) is 43.8 Å². The van der Waals surface area contributed by atoms with Gasteiger partial charge in [0.15, 0.2) is 0 Å². The number of ether oxygens (including phenoxy) is 1. The molecule has 3 heterocycles. The van der Waals surface area contributed by atoms with Gasteiger partial charge in [-0.05, 0) is 51.1 Å². The molecule has 1 amide bonds. The van der Waals surface area contributed by atoms with E-state index >= 15 is 0 Å². The van der Waals surface area contributed by atoms with Crippen LogP contribution in [0, 0.1) is 5.82 Å². The highest BCUT2D eigenvalue weighted by molar-refractivity contribution is 5.86. The lowest BCUT2D eigenvalue weighted by molar-refractivity contribution is 0.0636. The Hall–Kier alpha value is -3.81. The van der Waals surface area contributed by atoms with E-state index in [2.05, 4.69) is 20.3 Å². The number of rotatable bonds is 3. The molecule has 152 valence electrons. The number of carbonyl (C=O) groups is 1. The second kappa shape index (κ2) is 7.55. The first-order valence-corrected chi connectivity index (χ1v) is 9.34. The normalized spacial score (nSPS) is 11.5. The Morgan fingerprint density at radius 2 is 1.93 bits per heavy atom. The van der Waals surface area contributed by atoms with Crippen molar-refractivity contribution in [2.45, 2.75) is 26.4 Å². The van der Waals surface area contributed by atoms with Crippen molar-refractivity contribution in [3.63, 3.8) is 0 Å². The highest BCUT2D eigenvalue weighted by atomic mass is 19.1. The summed E-state index contributed by atoms with van der Waals surface area (Å²) in [6.07, 6.45) is 6.28. The first-order valence-electron chi connectivity index (χ1n) is 9.34. The van der Waals surface area contributed by atoms with Crippen molar-refractivity contribution in [2.75, 3.05) is 5.32 Å². The van der Waals surface area contributed by atoms with Gasteiger partial charge in [0.25, 0.3) is 0 Å². The summed E-state index contributed by atoms with van der Waals surface area (Å²) in [7, 11) is 0. The van der Waals surface area contributed by atoms with Crippen LogP contribution in [0.25, 0.3) is 28.3 Å². The summed E-state index contributed by atoms with van der Waals surface area (Å²) in [4.78, 5) is 25.1. The molecule has 4 rings (SSSR count). The largest absolute Gasteiger partial charge is 0.444 e. The van der Waals surface area contributed by atoms with Gasteiger partial charge in [0.05, 0.1) is 11.4 Å². The quantitative estimate of drug-likeness (QED) is 0.522. The van der Waals surface area contributed by atoms with E-state index in [1.807, 2.05) is 24.4 Å². The molecule has 0 bridgehead atoms. The molecule has 8 heteroatoms. The number of pyridine rings is 1. The van der Waals surface area contributed by atoms with Gasteiger partial charge in [-0.15, -0.1) is 0 Å². The van der Waals surface area contributed by atoms with Crippen LogP contribution >= 0.6 is 0 Å². The number of nitrogens with one attached hydrogen (secondary N) is 1. The van der Waals surface area contributed by atoms with Crippen LogP contribution in [0.5, 0.6) is 0 Å². The average Bonchev–Trinajstić information content (AvgIpc) is 3.11. The average molecular weight is 405 g/mol. The third kappa shape index (κ3) is 4.27. The molecule has 0 saturated carbocycles. The maximum Gasteiger partial charge on any atom is 0.412 e. The van der Waals surface area contributed by atoms with Crippen LogP contribution in [0.4, 0.5) is 14.9 Å². The van der Waals surface area contributed by atoms with Gasteiger partial charge in [0, 0.05) is 41.6 Å². The topological polar surface area (TPSA) is 81.4 Å². The number of aromatic nitrogens is 4. The second-order valence-corrected chi connectivity index (χ2v) is 7.71. The Kier molecular flexibility index (Phi) is 4.91. The fraction of sp³-hybridized carbons (Fsp3) is 0.182. The van der Waals surface area contributed by atoms with Crippen LogP contribution in [-0.4, -0.2) is 31.0 Å². The Labute approximate surface area is 172 Å². The fourth-order valence-corrected chi connectivity index (χ4v) is 2.90. The molecule has 0 aliphatic heterocycles. The predicted octanol–water partition coefficient (Wildman–Crippen LogP) is 4.94. The third-order valence-corrected chi connectivity index (χ3v) is 4.16. The molecular weight excluding hydrogens is 385 g/mol. The van der Waals surface area contributed by atoms with Gasteiger partial charge in [-0.3, -0.25) is 14.7 Å². The SMILES string of the molecule is CC(C)(C)OC(=O)Nc1ccc(F)c(-c2cn3cc(-c4ccccn4)cnc3n2)c1. The lowest BCUT2D eigenvalue weighted by Gasteiger charge is -2.19. The van der Waals surface area contributed by atoms with Crippen LogP contribution < -0.4 is 5.32 Å². The minimum atomic E-state index is -0.633. The monoisotopic (exact) mass is 405 g/mol. The highest BCUT2D eigenvalue weighted by Gasteiger charge is 2.17. The molecule has 0 aliphatic rings. The molecule has 0 radical (unpaired) electrons. The van der Waals surface area contributed by atoms with Crippen LogP contribution in [0.1, 0.15) is 20.8 Å². The van der Waals surface area contributed by atoms with E-state index in [-0.39, 0.29) is 5.56 Å². The molecular formula is C22H20FN5O2. The first-order chi connectivity index (χ1) is 14.3. The van der Waals surface area contributed by atoms with Gasteiger partial charge in [0.1, 0.15) is 11.4 Å². The van der Waals surface area contributed by atoms with Gasteiger partial charge in [-0.2, -0.15) is 0 Å². The molecule has 0 unspecified atom stereocenters. The van der Waals surface area contributed by atoms with Crippen molar-refractivity contribution in [1.29, 1.82) is 0 Å². The maximum atomic E-state index is 14.5. The number of carbonyl (C=O) groups excluding carboxylic acids is 1. The molecule has 7 nitrogen and oxygen atoms in total. The number of hydrogen-bond donors (Lipinski definition) is 1. The van der Waals surface area contributed by atoms with Crippen molar-refractivity contribution < 1.29 is 13.9 Å². The number of halogens is 1. The van der Waals surface area contributed by atoms with Crippen molar-refractivity contribution in [3.05, 3.63) is 67.0 Å². The number of anilines is 1. The van der Waals surface area contributed by atoms with E-state index in [1.165, 1.54) is 18.2 Å². The number of nitrogens with zero attached hydrogens (tertiary/aromatic N) is 4. The first kappa shape index (κ1) is 19.5. The number of benzene rings is 1. The minimum Gasteiger partial charge on any atom is -0.444 e. The molecule has 1 aromatic carbocycles. The third-order valence-electron chi connectivity index (χ3n) is 4.16. The molecule has 0 aliphatic carbocycles. The highest BCUT2D eigenvalue weighted by Crippen LogP contribution is 2.26. The summed E-state index contributed by atoms with van der Waals surface area (Å²) in [5.41, 5.74) is 2.00. The Balaban J connectivity index is 1.65. The molecule has 0 atom stereocenters. The molecule has 3 aromatic heterocycles. The van der Waals surface area contributed by atoms with E-state index in [4.69, 9.17) is 4.74 Å². The Bertz CT molecular complexity index is 1220. The number of fused-ring (bicyclic) bond motifs is 1. The molecule has 1 N–H and O–H groups in total. The summed E-state index contributed by atoms with van der Waals surface area (Å²) < 4.78 is 21.5. The summed E-state index contributed by atoms with van der Waals surface area (Å²) in [6, 6.07) is 9.87. The summed E-state index contributed by atoms with van der Waals surface area (Å²) in [6.45, 7) is 5.31. The summed E-state index contributed by atoms with van der Waals surface area (Å²) >= 11 is 0. The molecule has 30 heavy (non-hydrogen) atoms. The van der Waals surface area contributed by atoms with E-state index in [9.17, 15) is 9.18 Å². The Morgan fingerprint density at radius 1 is 1.10 bits per heavy atom. The van der Waals surface area contributed by atoms with Gasteiger partial charge in [-0.1, -0.05) is 6.07 Å². The number of amides is 1. The summed E-state index contributed by atoms with van der Waals surface area (Å²) in [5.74, 6) is -0.0346. The zero-order chi connectivity index (χ0) is 21.3. The van der Waals surface area contributed by atoms with E-state index in [0.29, 0.717) is 17.2 Å². The minimum absolute atomic E-state index is 0.244. The molecule has 0 spiro atoms. The van der Waals surface area contributed by atoms with Crippen LogP contribution in [-0.2, 0) is 4.74 Å². The van der Waals surface area contributed by atoms with Crippen molar-refractivity contribution >= 4 is 17.6 Å². The molecule has 0 saturated heterocycles. The zero-order valence-electron chi connectivity index (χ0n) is 16.8. The van der Waals surface area contributed by atoms with Crippen LogP contribution in [0.3, 0.4) is 0 Å². The fourth-order valence-electron chi connectivity index (χ4n) is 2.90. The molecule has 0 fully saturated rings. The maximum absolute atomic E-state index is 14.5. The lowest BCUT2D eigenvalue weighted by Crippen LogP contribution is -2.27. The van der Waals surface area contributed by atoms with Gasteiger partial charge in [0.2, 0.25) is 5.78 Å². The van der Waals surface area contributed by atoms with Gasteiger partial charge in [-0.25, -0.2) is 19.2 Å². The van der Waals surface area contributed by atoms with Gasteiger partial charge >= 0.3 is 6.09 Å². The number of imidazole rings is 1. The predicted molar refractivity (Wildman–Crippen MR) is 111 cm³/mol. The zero-order valence-corrected chi connectivity index (χ0v) is 16.8. The van der Waals surface area contributed by atoms with Crippen LogP contribution in [0.15, 0.2) is 61.2 Å². The van der Waals surface area contributed by atoms with E-state index in [0.717, 1.165) is 11.3 Å².